The molecule has 35 heavy (non-hydrogen) atoms. The van der Waals surface area contributed by atoms with Gasteiger partial charge in [0.05, 0.1) is 16.0 Å². The molecule has 0 amide bonds. The average molecular weight is 525 g/mol. The van der Waals surface area contributed by atoms with Crippen molar-refractivity contribution in [3.63, 3.8) is 0 Å². The summed E-state index contributed by atoms with van der Waals surface area (Å²) < 4.78 is 48.5. The van der Waals surface area contributed by atoms with E-state index in [1.165, 1.54) is 34.3 Å². The summed E-state index contributed by atoms with van der Waals surface area (Å²) in [5.74, 6) is -1.06. The molecule has 0 spiro atoms. The van der Waals surface area contributed by atoms with Crippen molar-refractivity contribution in [2.24, 2.45) is 5.41 Å². The number of halogens is 1. The second kappa shape index (κ2) is 10.8. The van der Waals surface area contributed by atoms with Crippen LogP contribution in [0.1, 0.15) is 40.0 Å². The third-order valence-corrected chi connectivity index (χ3v) is 9.00. The quantitative estimate of drug-likeness (QED) is 0.442. The van der Waals surface area contributed by atoms with Gasteiger partial charge in [-0.2, -0.15) is 4.31 Å². The van der Waals surface area contributed by atoms with E-state index in [-0.39, 0.29) is 23.4 Å². The normalized spacial score (nSPS) is 18.1. The number of likely N-dealkylation sites (N-methyl/N-ethyl adjacent to an activating group) is 1. The highest BCUT2D eigenvalue weighted by atomic mass is 32.2. The highest BCUT2D eigenvalue weighted by molar-refractivity contribution is 7.98. The van der Waals surface area contributed by atoms with Gasteiger partial charge in [-0.05, 0) is 56.9 Å². The number of hydrogen-bond acceptors (Lipinski definition) is 6. The Morgan fingerprint density at radius 2 is 1.91 bits per heavy atom. The molecule has 10 heteroatoms. The van der Waals surface area contributed by atoms with Gasteiger partial charge >= 0.3 is 5.97 Å². The number of benzene rings is 2. The Kier molecular flexibility index (Phi) is 8.39. The molecule has 1 aliphatic heterocycles. The maximum Gasteiger partial charge on any atom is 0.312 e. The third-order valence-electron chi connectivity index (χ3n) is 6.30. The summed E-state index contributed by atoms with van der Waals surface area (Å²) >= 11 is 1.38. The Balaban J connectivity index is 2.18. The van der Waals surface area contributed by atoms with Crippen LogP contribution >= 0.6 is 11.8 Å². The van der Waals surface area contributed by atoms with Crippen molar-refractivity contribution in [2.45, 2.75) is 55.9 Å². The molecule has 0 unspecified atom stereocenters. The Labute approximate surface area is 211 Å². The molecule has 3 rings (SSSR count). The summed E-state index contributed by atoms with van der Waals surface area (Å²) in [4.78, 5) is 14.2. The van der Waals surface area contributed by atoms with Crippen LogP contribution in [0.2, 0.25) is 0 Å². The van der Waals surface area contributed by atoms with Gasteiger partial charge in [0.25, 0.3) is 0 Å². The third kappa shape index (κ3) is 5.76. The number of thioether (sulfide) groups is 1. The van der Waals surface area contributed by atoms with Gasteiger partial charge in [0, 0.05) is 31.4 Å². The van der Waals surface area contributed by atoms with Crippen molar-refractivity contribution in [3.05, 3.63) is 42.2 Å². The Morgan fingerprint density at radius 1 is 1.26 bits per heavy atom. The van der Waals surface area contributed by atoms with Crippen molar-refractivity contribution < 1.29 is 27.4 Å². The molecule has 2 aromatic rings. The molecule has 0 radical (unpaired) electrons. The molecule has 0 bridgehead atoms. The van der Waals surface area contributed by atoms with E-state index in [0.29, 0.717) is 35.0 Å². The number of sulfonamides is 1. The summed E-state index contributed by atoms with van der Waals surface area (Å²) in [7, 11) is -2.30. The molecule has 1 heterocycles. The topological polar surface area (TPSA) is 87.1 Å². The molecule has 1 aliphatic rings. The molecular weight excluding hydrogens is 491 g/mol. The largest absolute Gasteiger partial charge is 0.491 e. The molecule has 1 atom stereocenters. The van der Waals surface area contributed by atoms with E-state index >= 15 is 0 Å². The number of ether oxygens (including phenoxy) is 1. The first-order valence-corrected chi connectivity index (χ1v) is 14.2. The molecule has 0 fully saturated rings. The average Bonchev–Trinajstić information content (AvgIpc) is 2.89. The van der Waals surface area contributed by atoms with Crippen LogP contribution in [-0.2, 0) is 14.8 Å². The van der Waals surface area contributed by atoms with Gasteiger partial charge in [0.15, 0.2) is 0 Å². The minimum absolute atomic E-state index is 0.0734. The Hall–Kier alpha value is -2.30. The Bertz CT molecular complexity index is 1170. The molecule has 2 aromatic carbocycles. The van der Waals surface area contributed by atoms with Gasteiger partial charge in [0.1, 0.15) is 23.1 Å². The number of nitrogens with zero attached hydrogens (tertiary/aromatic N) is 2. The van der Waals surface area contributed by atoms with Gasteiger partial charge in [-0.1, -0.05) is 19.8 Å². The van der Waals surface area contributed by atoms with E-state index in [1.54, 1.807) is 39.1 Å². The van der Waals surface area contributed by atoms with E-state index < -0.39 is 21.4 Å². The SMILES string of the molecule is CCCC[C@@H]1CN(c2ccc(F)cc2)c2cc(SC)c(OCC(C)(C)C(=O)O)cc2S(=O)(=O)N1C. The number of rotatable bonds is 9. The standard InChI is InChI=1S/C25H33FN2O5S2/c1-6-7-8-19-15-28(18-11-9-17(26)10-12-18)20-13-22(34-5)21(33-16-25(2,3)24(29)30)14-23(20)35(31,32)27(19)4/h9-14,19H,6-8,15-16H2,1-5H3,(H,29,30)/t19-/m1/s1. The van der Waals surface area contributed by atoms with E-state index in [0.717, 1.165) is 12.8 Å². The van der Waals surface area contributed by atoms with Crippen molar-refractivity contribution >= 4 is 39.1 Å². The molecule has 192 valence electrons. The van der Waals surface area contributed by atoms with Crippen molar-refractivity contribution in [3.8, 4) is 5.75 Å². The first-order chi connectivity index (χ1) is 16.4. The predicted octanol–water partition coefficient (Wildman–Crippen LogP) is 5.37. The number of unbranched alkanes of at least 4 members (excludes halogenated alkanes) is 1. The molecular formula is C25H33FN2O5S2. The van der Waals surface area contributed by atoms with E-state index in [2.05, 4.69) is 6.92 Å². The van der Waals surface area contributed by atoms with Crippen LogP contribution in [0.25, 0.3) is 0 Å². The van der Waals surface area contributed by atoms with Crippen LogP contribution in [0.3, 0.4) is 0 Å². The van der Waals surface area contributed by atoms with Crippen LogP contribution in [-0.4, -0.2) is 56.3 Å². The minimum atomic E-state index is -3.89. The molecule has 7 nitrogen and oxygen atoms in total. The molecule has 1 N–H and O–H groups in total. The molecule has 0 aliphatic carbocycles. The fourth-order valence-corrected chi connectivity index (χ4v) is 6.01. The fourth-order valence-electron chi connectivity index (χ4n) is 3.89. The number of anilines is 2. The lowest BCUT2D eigenvalue weighted by Gasteiger charge is -2.29. The fraction of sp³-hybridized carbons (Fsp3) is 0.480. The van der Waals surface area contributed by atoms with Crippen LogP contribution in [0.4, 0.5) is 15.8 Å². The zero-order valence-corrected chi connectivity index (χ0v) is 22.4. The van der Waals surface area contributed by atoms with Crippen molar-refractivity contribution in [2.75, 3.05) is 31.4 Å². The summed E-state index contributed by atoms with van der Waals surface area (Å²) in [6.07, 6.45) is 4.33. The van der Waals surface area contributed by atoms with Gasteiger partial charge in [-0.15, -0.1) is 11.8 Å². The summed E-state index contributed by atoms with van der Waals surface area (Å²) in [6, 6.07) is 8.98. The van der Waals surface area contributed by atoms with Crippen LogP contribution in [0.15, 0.2) is 46.2 Å². The number of aliphatic carboxylic acids is 1. The first kappa shape index (κ1) is 27.3. The maximum absolute atomic E-state index is 13.8. The second-order valence-electron chi connectivity index (χ2n) is 9.35. The van der Waals surface area contributed by atoms with Gasteiger partial charge in [-0.3, -0.25) is 4.79 Å². The van der Waals surface area contributed by atoms with Crippen molar-refractivity contribution in [1.29, 1.82) is 0 Å². The van der Waals surface area contributed by atoms with Gasteiger partial charge in [-0.25, -0.2) is 12.8 Å². The zero-order valence-electron chi connectivity index (χ0n) is 20.7. The van der Waals surface area contributed by atoms with Gasteiger partial charge < -0.3 is 14.7 Å². The van der Waals surface area contributed by atoms with E-state index in [1.807, 2.05) is 11.2 Å². The lowest BCUT2D eigenvalue weighted by molar-refractivity contribution is -0.148. The van der Waals surface area contributed by atoms with Crippen molar-refractivity contribution in [1.82, 2.24) is 4.31 Å². The summed E-state index contributed by atoms with van der Waals surface area (Å²) in [5.41, 5.74) is 0.0211. The molecule has 0 aromatic heterocycles. The highest BCUT2D eigenvalue weighted by Crippen LogP contribution is 2.43. The number of hydrogen-bond donors (Lipinski definition) is 1. The molecule has 0 saturated carbocycles. The number of carboxylic acid groups (broad SMARTS) is 1. The van der Waals surface area contributed by atoms with Crippen LogP contribution in [0.5, 0.6) is 5.75 Å². The lowest BCUT2D eigenvalue weighted by Crippen LogP contribution is -2.40. The zero-order chi connectivity index (χ0) is 26.0. The monoisotopic (exact) mass is 524 g/mol. The smallest absolute Gasteiger partial charge is 0.312 e. The van der Waals surface area contributed by atoms with E-state index in [9.17, 15) is 22.7 Å². The lowest BCUT2D eigenvalue weighted by atomic mass is 9.95. The number of carbonyl (C=O) groups is 1. The minimum Gasteiger partial charge on any atom is -0.491 e. The number of carboxylic acids is 1. The van der Waals surface area contributed by atoms with Crippen LogP contribution in [0, 0.1) is 11.2 Å². The maximum atomic E-state index is 13.8. The summed E-state index contributed by atoms with van der Waals surface area (Å²) in [6.45, 7) is 5.46. The predicted molar refractivity (Wildman–Crippen MR) is 137 cm³/mol. The van der Waals surface area contributed by atoms with Crippen LogP contribution < -0.4 is 9.64 Å². The van der Waals surface area contributed by atoms with E-state index in [4.69, 9.17) is 4.74 Å². The Morgan fingerprint density at radius 3 is 2.49 bits per heavy atom. The number of fused-ring (bicyclic) bond motifs is 1. The summed E-state index contributed by atoms with van der Waals surface area (Å²) in [5, 5.41) is 9.45. The van der Waals surface area contributed by atoms with Gasteiger partial charge in [0.2, 0.25) is 10.0 Å². The first-order valence-electron chi connectivity index (χ1n) is 11.5. The second-order valence-corrected chi connectivity index (χ2v) is 12.2. The highest BCUT2D eigenvalue weighted by Gasteiger charge is 2.38. The molecule has 0 saturated heterocycles.